The molecule has 0 N–H and O–H groups in total. The van der Waals surface area contributed by atoms with Gasteiger partial charge in [0.25, 0.3) is 0 Å². The zero-order valence-corrected chi connectivity index (χ0v) is 35.8. The van der Waals surface area contributed by atoms with E-state index in [1.54, 1.807) is 11.3 Å². The highest BCUT2D eigenvalue weighted by atomic mass is 32.1. The molecule has 0 aliphatic heterocycles. The molecule has 0 spiro atoms. The average Bonchev–Trinajstić information content (AvgIpc) is 3.93. The molecule has 0 amide bonds. The second-order valence-electron chi connectivity index (χ2n) is 18.0. The Balaban J connectivity index is 1.57. The van der Waals surface area contributed by atoms with E-state index in [1.807, 2.05) is 0 Å². The van der Waals surface area contributed by atoms with Gasteiger partial charge in [0.05, 0.1) is 9.75 Å². The Morgan fingerprint density at radius 1 is 0.473 bits per heavy atom. The molecule has 4 aromatic carbocycles. The molecule has 3 aromatic heterocycles. The zero-order valence-electron chi connectivity index (χ0n) is 35.0. The van der Waals surface area contributed by atoms with Gasteiger partial charge in [0, 0.05) is 22.3 Å². The average molecular weight is 751 g/mol. The third kappa shape index (κ3) is 6.88. The molecule has 5 heteroatoms. The van der Waals surface area contributed by atoms with Crippen molar-refractivity contribution in [2.45, 2.75) is 130 Å². The van der Waals surface area contributed by atoms with Crippen molar-refractivity contribution in [2.75, 3.05) is 0 Å². The molecule has 0 aliphatic rings. The van der Waals surface area contributed by atoms with Gasteiger partial charge in [-0.2, -0.15) is 0 Å². The largest absolute Gasteiger partial charge is 0.435 e. The third-order valence-electron chi connectivity index (χ3n) is 13.0. The lowest BCUT2D eigenvalue weighted by Gasteiger charge is -2.28. The van der Waals surface area contributed by atoms with E-state index in [4.69, 9.17) is 18.8 Å². The topological polar surface area (TPSA) is 52.1 Å². The number of hydrogen-bond donors (Lipinski definition) is 0. The molecule has 4 nitrogen and oxygen atoms in total. The van der Waals surface area contributed by atoms with E-state index in [9.17, 15) is 0 Å². The lowest BCUT2D eigenvalue weighted by atomic mass is 9.76. The number of nitrogens with zero attached hydrogens (tertiary/aromatic N) is 2. The van der Waals surface area contributed by atoms with Crippen LogP contribution in [0.2, 0.25) is 0 Å². The molecular formula is C50H58N2O2S. The van der Waals surface area contributed by atoms with Crippen LogP contribution in [0.5, 0.6) is 0 Å². The van der Waals surface area contributed by atoms with Gasteiger partial charge in [-0.1, -0.05) is 156 Å². The van der Waals surface area contributed by atoms with Crippen molar-refractivity contribution >= 4 is 33.5 Å². The first-order valence-corrected chi connectivity index (χ1v) is 21.1. The standard InChI is InChI=1S/C50H58N2O2S/c1-13-47(5,6)33-27-35(49(9,10)15-3)41-37(29-33)51-45(53-41)43-39(31-23-19-17-20-24-31)40(32-25-21-18-22-26-32)44(55-43)46-52-38-30-34(48(7,8)14-2)28-36(42(38)54-46)50(11,12)16-4/h17-30H,13-16H2,1-12H3. The summed E-state index contributed by atoms with van der Waals surface area (Å²) in [5.41, 5.74) is 12.7. The van der Waals surface area contributed by atoms with Crippen molar-refractivity contribution in [3.63, 3.8) is 0 Å². The van der Waals surface area contributed by atoms with Crippen LogP contribution in [0.3, 0.4) is 0 Å². The molecule has 0 aliphatic carbocycles. The number of oxazole rings is 2. The fourth-order valence-corrected chi connectivity index (χ4v) is 8.53. The van der Waals surface area contributed by atoms with Crippen molar-refractivity contribution < 1.29 is 8.83 Å². The molecule has 7 rings (SSSR count). The molecule has 55 heavy (non-hydrogen) atoms. The van der Waals surface area contributed by atoms with E-state index >= 15 is 0 Å². The van der Waals surface area contributed by atoms with Crippen LogP contribution in [0.4, 0.5) is 0 Å². The van der Waals surface area contributed by atoms with Gasteiger partial charge in [-0.3, -0.25) is 0 Å². The number of hydrogen-bond acceptors (Lipinski definition) is 5. The van der Waals surface area contributed by atoms with Gasteiger partial charge in [0.2, 0.25) is 11.8 Å². The van der Waals surface area contributed by atoms with Crippen molar-refractivity contribution in [1.29, 1.82) is 0 Å². The summed E-state index contributed by atoms with van der Waals surface area (Å²) in [5.74, 6) is 1.25. The van der Waals surface area contributed by atoms with Gasteiger partial charge < -0.3 is 8.83 Å². The van der Waals surface area contributed by atoms with Gasteiger partial charge >= 0.3 is 0 Å². The van der Waals surface area contributed by atoms with Crippen LogP contribution in [-0.2, 0) is 21.7 Å². The molecule has 0 unspecified atom stereocenters. The van der Waals surface area contributed by atoms with Crippen molar-refractivity contribution in [3.05, 3.63) is 107 Å². The summed E-state index contributed by atoms with van der Waals surface area (Å²) < 4.78 is 14.1. The Bertz CT molecular complexity index is 2300. The summed E-state index contributed by atoms with van der Waals surface area (Å²) in [6.45, 7) is 27.6. The van der Waals surface area contributed by atoms with E-state index in [0.29, 0.717) is 11.8 Å². The Hall–Kier alpha value is -4.48. The first kappa shape index (κ1) is 38.8. The second kappa shape index (κ2) is 14.2. The zero-order chi connectivity index (χ0) is 39.5. The predicted octanol–water partition coefficient (Wildman–Crippen LogP) is 15.4. The first-order valence-electron chi connectivity index (χ1n) is 20.2. The fraction of sp³-hybridized carbons (Fsp3) is 0.400. The quantitative estimate of drug-likeness (QED) is 0.125. The Morgan fingerprint density at radius 2 is 0.818 bits per heavy atom. The molecule has 0 atom stereocenters. The maximum Gasteiger partial charge on any atom is 0.238 e. The Labute approximate surface area is 332 Å². The summed E-state index contributed by atoms with van der Waals surface area (Å²) in [6, 6.07) is 30.6. The van der Waals surface area contributed by atoms with Gasteiger partial charge in [0.1, 0.15) is 11.0 Å². The highest BCUT2D eigenvalue weighted by molar-refractivity contribution is 7.20. The van der Waals surface area contributed by atoms with Crippen molar-refractivity contribution in [1.82, 2.24) is 9.97 Å². The van der Waals surface area contributed by atoms with Crippen LogP contribution < -0.4 is 0 Å². The van der Waals surface area contributed by atoms with Crippen LogP contribution in [-0.4, -0.2) is 9.97 Å². The fourth-order valence-electron chi connectivity index (χ4n) is 7.33. The van der Waals surface area contributed by atoms with E-state index in [0.717, 1.165) is 79.9 Å². The van der Waals surface area contributed by atoms with E-state index in [1.165, 1.54) is 22.3 Å². The SMILES string of the molecule is CCC(C)(C)c1cc(C(C)(C)CC)c2oc(-c3sc(-c4nc5cc(C(C)(C)CC)cc(C(C)(C)CC)c5o4)c(-c4ccccc4)c3-c3ccccc3)nc2c1. The van der Waals surface area contributed by atoms with Crippen LogP contribution >= 0.6 is 11.3 Å². The molecule has 0 saturated carbocycles. The third-order valence-corrected chi connectivity index (χ3v) is 14.1. The van der Waals surface area contributed by atoms with Crippen molar-refractivity contribution in [3.8, 4) is 43.8 Å². The first-order chi connectivity index (χ1) is 26.0. The predicted molar refractivity (Wildman–Crippen MR) is 234 cm³/mol. The normalized spacial score (nSPS) is 13.0. The number of thiophene rings is 1. The minimum absolute atomic E-state index is 0.00200. The summed E-state index contributed by atoms with van der Waals surface area (Å²) >= 11 is 1.67. The van der Waals surface area contributed by atoms with Gasteiger partial charge in [-0.05, 0) is 81.7 Å². The van der Waals surface area contributed by atoms with Crippen molar-refractivity contribution in [2.24, 2.45) is 0 Å². The molecule has 3 heterocycles. The molecule has 0 fully saturated rings. The minimum atomic E-state index is -0.0969. The van der Waals surface area contributed by atoms with Crippen LogP contribution in [0, 0.1) is 0 Å². The van der Waals surface area contributed by atoms with Crippen LogP contribution in [0.25, 0.3) is 66.0 Å². The summed E-state index contributed by atoms with van der Waals surface area (Å²) in [4.78, 5) is 12.7. The number of fused-ring (bicyclic) bond motifs is 2. The molecule has 0 saturated heterocycles. The second-order valence-corrected chi connectivity index (χ2v) is 19.0. The molecule has 286 valence electrons. The Kier molecular flexibility index (Phi) is 10.0. The van der Waals surface area contributed by atoms with E-state index in [-0.39, 0.29) is 21.7 Å². The molecular weight excluding hydrogens is 693 g/mol. The smallest absolute Gasteiger partial charge is 0.238 e. The highest BCUT2D eigenvalue weighted by Crippen LogP contribution is 2.53. The molecule has 0 bridgehead atoms. The van der Waals surface area contributed by atoms with Gasteiger partial charge in [-0.25, -0.2) is 9.97 Å². The lowest BCUT2D eigenvalue weighted by Crippen LogP contribution is -2.20. The van der Waals surface area contributed by atoms with E-state index in [2.05, 4.69) is 168 Å². The monoisotopic (exact) mass is 750 g/mol. The Morgan fingerprint density at radius 3 is 1.15 bits per heavy atom. The number of benzene rings is 4. The minimum Gasteiger partial charge on any atom is -0.435 e. The highest BCUT2D eigenvalue weighted by Gasteiger charge is 2.33. The summed E-state index contributed by atoms with van der Waals surface area (Å²) in [7, 11) is 0. The maximum atomic E-state index is 7.03. The van der Waals surface area contributed by atoms with E-state index < -0.39 is 0 Å². The molecule has 0 radical (unpaired) electrons. The van der Waals surface area contributed by atoms with Gasteiger partial charge in [-0.15, -0.1) is 11.3 Å². The van der Waals surface area contributed by atoms with Crippen LogP contribution in [0.15, 0.2) is 93.8 Å². The molecule has 7 aromatic rings. The summed E-state index contributed by atoms with van der Waals surface area (Å²) in [6.07, 6.45) is 4.02. The van der Waals surface area contributed by atoms with Crippen LogP contribution in [0.1, 0.15) is 131 Å². The number of rotatable bonds is 12. The lowest BCUT2D eigenvalue weighted by molar-refractivity contribution is 0.484. The summed E-state index contributed by atoms with van der Waals surface area (Å²) in [5, 5.41) is 0. The maximum absolute atomic E-state index is 7.03. The number of aromatic nitrogens is 2. The van der Waals surface area contributed by atoms with Gasteiger partial charge in [0.15, 0.2) is 11.2 Å².